The average Bonchev–Trinajstić information content (AvgIpc) is 2.73. The molecule has 3 aromatic rings. The van der Waals surface area contributed by atoms with Crippen molar-refractivity contribution >= 4 is 26.7 Å². The van der Waals surface area contributed by atoms with Crippen LogP contribution in [0.25, 0.3) is 11.0 Å². The fourth-order valence-corrected chi connectivity index (χ4v) is 5.18. The molecule has 1 aromatic heterocycles. The van der Waals surface area contributed by atoms with Crippen LogP contribution in [-0.2, 0) is 14.6 Å². The molecular weight excluding hydrogens is 419 g/mol. The third-order valence-electron chi connectivity index (χ3n) is 5.12. The first-order chi connectivity index (χ1) is 14.8. The summed E-state index contributed by atoms with van der Waals surface area (Å²) in [6.45, 7) is 4.82. The lowest BCUT2D eigenvalue weighted by Gasteiger charge is -2.37. The Labute approximate surface area is 180 Å². The number of hydrogen-bond donors (Lipinski definition) is 0. The van der Waals surface area contributed by atoms with Gasteiger partial charge in [0, 0.05) is 13.1 Å². The van der Waals surface area contributed by atoms with Crippen molar-refractivity contribution in [2.75, 3.05) is 18.0 Å². The van der Waals surface area contributed by atoms with E-state index in [2.05, 4.69) is 4.98 Å². The second-order valence-corrected chi connectivity index (χ2v) is 9.62. The Kier molecular flexibility index (Phi) is 5.60. The van der Waals surface area contributed by atoms with Gasteiger partial charge in [-0.2, -0.15) is 5.26 Å². The quantitative estimate of drug-likeness (QED) is 0.574. The zero-order valence-electron chi connectivity index (χ0n) is 17.1. The van der Waals surface area contributed by atoms with Gasteiger partial charge in [-0.05, 0) is 50.2 Å². The Balaban J connectivity index is 1.90. The summed E-state index contributed by atoms with van der Waals surface area (Å²) in [5, 5.41) is 8.32. The molecule has 0 aliphatic carbocycles. The van der Waals surface area contributed by atoms with E-state index in [9.17, 15) is 18.1 Å². The van der Waals surface area contributed by atoms with Gasteiger partial charge in [0.1, 0.15) is 11.5 Å². The molecule has 0 saturated carbocycles. The van der Waals surface area contributed by atoms with E-state index < -0.39 is 20.9 Å². The number of para-hydroxylation sites is 2. The number of rotatable bonds is 4. The van der Waals surface area contributed by atoms with Gasteiger partial charge in [-0.25, -0.2) is 22.8 Å². The molecule has 0 amide bonds. The van der Waals surface area contributed by atoms with Crippen LogP contribution in [0.1, 0.15) is 24.8 Å². The molecule has 0 bridgehead atoms. The summed E-state index contributed by atoms with van der Waals surface area (Å²) in [5.74, 6) is -0.215. The highest BCUT2D eigenvalue weighted by Gasteiger charge is 2.36. The number of fused-ring (bicyclic) bond motifs is 1. The predicted octanol–water partition coefficient (Wildman–Crippen LogP) is 3.42. The normalized spacial score (nSPS) is 20.4. The average molecular weight is 441 g/mol. The van der Waals surface area contributed by atoms with E-state index in [0.29, 0.717) is 29.9 Å². The highest BCUT2D eigenvalue weighted by Crippen LogP contribution is 2.35. The second kappa shape index (κ2) is 8.21. The molecule has 2 heterocycles. The van der Waals surface area contributed by atoms with Crippen LogP contribution in [0.2, 0.25) is 0 Å². The van der Waals surface area contributed by atoms with Crippen LogP contribution in [0.4, 0.5) is 10.2 Å². The Morgan fingerprint density at radius 1 is 1.06 bits per heavy atom. The minimum Gasteiger partial charge on any atom is -0.372 e. The predicted molar refractivity (Wildman–Crippen MR) is 114 cm³/mol. The number of benzene rings is 2. The number of morpholine rings is 1. The Morgan fingerprint density at radius 2 is 1.65 bits per heavy atom. The summed E-state index contributed by atoms with van der Waals surface area (Å²) < 4.78 is 45.8. The molecule has 4 rings (SSSR count). The van der Waals surface area contributed by atoms with E-state index in [4.69, 9.17) is 9.72 Å². The maximum absolute atomic E-state index is 13.3. The summed E-state index contributed by atoms with van der Waals surface area (Å²) >= 11 is 0. The minimum absolute atomic E-state index is 0.0619. The summed E-state index contributed by atoms with van der Waals surface area (Å²) in [7, 11) is -4.17. The van der Waals surface area contributed by atoms with Crippen LogP contribution in [0.5, 0.6) is 0 Å². The maximum atomic E-state index is 13.3. The van der Waals surface area contributed by atoms with Crippen molar-refractivity contribution in [3.63, 3.8) is 0 Å². The summed E-state index contributed by atoms with van der Waals surface area (Å²) in [6.07, 6.45) is -0.196. The number of sulfone groups is 1. The number of ether oxygens (including phenoxy) is 1. The molecule has 1 fully saturated rings. The fourth-order valence-electron chi connectivity index (χ4n) is 3.80. The van der Waals surface area contributed by atoms with Gasteiger partial charge in [-0.3, -0.25) is 0 Å². The first-order valence-electron chi connectivity index (χ1n) is 9.85. The van der Waals surface area contributed by atoms with Crippen LogP contribution < -0.4 is 4.90 Å². The molecule has 2 aromatic carbocycles. The Morgan fingerprint density at radius 3 is 2.23 bits per heavy atom. The molecule has 31 heavy (non-hydrogen) atoms. The van der Waals surface area contributed by atoms with Crippen molar-refractivity contribution in [2.45, 2.75) is 36.2 Å². The van der Waals surface area contributed by atoms with Crippen molar-refractivity contribution in [3.05, 3.63) is 60.0 Å². The molecule has 3 atom stereocenters. The first-order valence-corrected chi connectivity index (χ1v) is 11.4. The molecule has 9 heteroatoms. The summed E-state index contributed by atoms with van der Waals surface area (Å²) in [5.41, 5.74) is 1.15. The third kappa shape index (κ3) is 4.09. The van der Waals surface area contributed by atoms with Gasteiger partial charge in [-0.15, -0.1) is 0 Å². The van der Waals surface area contributed by atoms with E-state index in [-0.39, 0.29) is 22.8 Å². The van der Waals surface area contributed by atoms with Crippen LogP contribution in [0.15, 0.2) is 53.4 Å². The van der Waals surface area contributed by atoms with Gasteiger partial charge >= 0.3 is 0 Å². The van der Waals surface area contributed by atoms with Crippen LogP contribution in [0, 0.1) is 17.1 Å². The van der Waals surface area contributed by atoms with Crippen molar-refractivity contribution < 1.29 is 17.5 Å². The van der Waals surface area contributed by atoms with Crippen LogP contribution >= 0.6 is 0 Å². The minimum atomic E-state index is -4.17. The van der Waals surface area contributed by atoms with Crippen molar-refractivity contribution in [1.29, 1.82) is 5.26 Å². The van der Waals surface area contributed by atoms with E-state index in [0.717, 1.165) is 24.3 Å². The van der Waals surface area contributed by atoms with Gasteiger partial charge in [0.2, 0.25) is 9.84 Å². The number of nitrogens with zero attached hydrogens (tertiary/aromatic N) is 4. The van der Waals surface area contributed by atoms with Crippen molar-refractivity contribution in [3.8, 4) is 6.07 Å². The van der Waals surface area contributed by atoms with Gasteiger partial charge in [0.25, 0.3) is 0 Å². The largest absolute Gasteiger partial charge is 0.372 e. The lowest BCUT2D eigenvalue weighted by atomic mass is 10.2. The number of halogens is 1. The molecule has 0 N–H and O–H groups in total. The molecule has 1 saturated heterocycles. The van der Waals surface area contributed by atoms with Gasteiger partial charge in [-0.1, -0.05) is 12.1 Å². The highest BCUT2D eigenvalue weighted by molar-refractivity contribution is 7.92. The molecular formula is C22H21FN4O3S. The monoisotopic (exact) mass is 440 g/mol. The SMILES string of the molecule is C[C@@H]1CN(c2nc3ccccc3nc2[C@@H](C#N)S(=O)(=O)c2ccc(F)cc2)C[C@H](C)O1. The zero-order valence-corrected chi connectivity index (χ0v) is 17.9. The van der Waals surface area contributed by atoms with E-state index >= 15 is 0 Å². The number of nitriles is 1. The Bertz CT molecular complexity index is 1250. The highest BCUT2D eigenvalue weighted by atomic mass is 32.2. The number of aromatic nitrogens is 2. The molecule has 0 unspecified atom stereocenters. The summed E-state index contributed by atoms with van der Waals surface area (Å²) in [4.78, 5) is 11.0. The fraction of sp³-hybridized carbons (Fsp3) is 0.318. The van der Waals surface area contributed by atoms with Gasteiger partial charge in [0.05, 0.1) is 34.2 Å². The third-order valence-corrected chi connectivity index (χ3v) is 6.99. The van der Waals surface area contributed by atoms with Crippen LogP contribution in [0.3, 0.4) is 0 Å². The molecule has 0 spiro atoms. The smallest absolute Gasteiger partial charge is 0.200 e. The molecule has 7 nitrogen and oxygen atoms in total. The number of anilines is 1. The maximum Gasteiger partial charge on any atom is 0.200 e. The van der Waals surface area contributed by atoms with Gasteiger partial charge < -0.3 is 9.64 Å². The summed E-state index contributed by atoms with van der Waals surface area (Å²) in [6, 6.07) is 13.4. The van der Waals surface area contributed by atoms with Crippen molar-refractivity contribution in [1.82, 2.24) is 9.97 Å². The van der Waals surface area contributed by atoms with E-state index in [1.807, 2.05) is 30.9 Å². The lowest BCUT2D eigenvalue weighted by Crippen LogP contribution is -2.46. The van der Waals surface area contributed by atoms with Crippen LogP contribution in [-0.4, -0.2) is 43.7 Å². The zero-order chi connectivity index (χ0) is 22.2. The van der Waals surface area contributed by atoms with Gasteiger partial charge in [0.15, 0.2) is 11.1 Å². The Hall–Kier alpha value is -3.09. The van der Waals surface area contributed by atoms with Crippen molar-refractivity contribution in [2.24, 2.45) is 0 Å². The number of hydrogen-bond acceptors (Lipinski definition) is 7. The lowest BCUT2D eigenvalue weighted by molar-refractivity contribution is -0.00550. The molecule has 1 aliphatic heterocycles. The van der Waals surface area contributed by atoms with E-state index in [1.165, 1.54) is 0 Å². The first kappa shape index (κ1) is 21.2. The topological polar surface area (TPSA) is 96.2 Å². The molecule has 0 radical (unpaired) electrons. The second-order valence-electron chi connectivity index (χ2n) is 7.59. The molecule has 160 valence electrons. The van der Waals surface area contributed by atoms with E-state index in [1.54, 1.807) is 18.2 Å². The molecule has 1 aliphatic rings. The standard InChI is InChI=1S/C22H21FN4O3S/c1-14-12-27(13-15(2)30-14)22-21(25-18-5-3-4-6-19(18)26-22)20(11-24)31(28,29)17-9-7-16(23)8-10-17/h3-10,14-15,20H,12-13H2,1-2H3/t14-,15+,20-/m1/s1.